The van der Waals surface area contributed by atoms with Gasteiger partial charge >= 0.3 is 0 Å². The molecular weight excluding hydrogens is 323 g/mol. The van der Waals surface area contributed by atoms with Gasteiger partial charge in [0.25, 0.3) is 0 Å². The number of carbonyl (C=O) groups is 1. The summed E-state index contributed by atoms with van der Waals surface area (Å²) in [5.41, 5.74) is 1.47. The van der Waals surface area contributed by atoms with E-state index in [1.54, 1.807) is 30.6 Å². The molecule has 116 valence electrons. The number of hydrogen-bond acceptors (Lipinski definition) is 3. The molecule has 0 bridgehead atoms. The van der Waals surface area contributed by atoms with Crippen molar-refractivity contribution in [2.75, 3.05) is 6.54 Å². The molecule has 4 nitrogen and oxygen atoms in total. The third kappa shape index (κ3) is 4.70. The molecule has 0 spiro atoms. The number of aromatic nitrogens is 1. The van der Waals surface area contributed by atoms with E-state index in [1.807, 2.05) is 12.1 Å². The van der Waals surface area contributed by atoms with Crippen LogP contribution in [0.3, 0.4) is 0 Å². The molecule has 0 fully saturated rings. The number of aliphatic hydroxyl groups excluding tert-OH is 1. The molecule has 0 radical (unpaired) electrons. The van der Waals surface area contributed by atoms with Crippen LogP contribution in [-0.2, 0) is 11.2 Å². The van der Waals surface area contributed by atoms with Crippen molar-refractivity contribution < 1.29 is 9.90 Å². The number of aliphatic hydroxyl groups is 1. The molecule has 6 heteroatoms. The molecule has 2 rings (SSSR count). The topological polar surface area (TPSA) is 62.2 Å². The fourth-order valence-corrected chi connectivity index (χ4v) is 2.69. The fourth-order valence-electron chi connectivity index (χ4n) is 2.04. The van der Waals surface area contributed by atoms with Crippen molar-refractivity contribution in [3.8, 4) is 0 Å². The fraction of sp³-hybridized carbons (Fsp3) is 0.250. The average molecular weight is 339 g/mol. The zero-order chi connectivity index (χ0) is 15.9. The summed E-state index contributed by atoms with van der Waals surface area (Å²) in [5.74, 6) is -0.140. The molecule has 0 aliphatic heterocycles. The zero-order valence-electron chi connectivity index (χ0n) is 11.8. The molecule has 0 saturated heterocycles. The highest BCUT2D eigenvalue weighted by atomic mass is 35.5. The Morgan fingerprint density at radius 1 is 1.18 bits per heavy atom. The number of rotatable bonds is 6. The molecule has 1 amide bonds. The Bertz CT molecular complexity index is 615. The van der Waals surface area contributed by atoms with Crippen molar-refractivity contribution in [1.29, 1.82) is 0 Å². The summed E-state index contributed by atoms with van der Waals surface area (Å²) in [5, 5.41) is 13.6. The summed E-state index contributed by atoms with van der Waals surface area (Å²) in [6.45, 7) is 0.0681. The Kier molecular flexibility index (Phi) is 6.19. The normalized spacial score (nSPS) is 12.0. The van der Waals surface area contributed by atoms with E-state index in [-0.39, 0.29) is 12.5 Å². The summed E-state index contributed by atoms with van der Waals surface area (Å²) < 4.78 is 0. The second-order valence-electron chi connectivity index (χ2n) is 4.81. The molecule has 0 unspecified atom stereocenters. The summed E-state index contributed by atoms with van der Waals surface area (Å²) in [7, 11) is 0. The standard InChI is InChI=1S/C16H16Cl2N2O2/c17-12-2-1-3-13(18)16(12)14(21)10-20-15(22)5-4-11-6-8-19-9-7-11/h1-3,6-9,14,21H,4-5,10H2,(H,20,22)/t14-/m0/s1. The zero-order valence-corrected chi connectivity index (χ0v) is 13.3. The van der Waals surface area contributed by atoms with Crippen molar-refractivity contribution in [2.24, 2.45) is 0 Å². The largest absolute Gasteiger partial charge is 0.386 e. The lowest BCUT2D eigenvalue weighted by Gasteiger charge is -2.15. The molecule has 1 aromatic carbocycles. The highest BCUT2D eigenvalue weighted by Crippen LogP contribution is 2.29. The molecule has 2 N–H and O–H groups in total. The van der Waals surface area contributed by atoms with E-state index in [4.69, 9.17) is 23.2 Å². The first-order chi connectivity index (χ1) is 10.6. The molecule has 1 atom stereocenters. The molecule has 0 aliphatic carbocycles. The van der Waals surface area contributed by atoms with E-state index >= 15 is 0 Å². The van der Waals surface area contributed by atoms with Gasteiger partial charge in [-0.25, -0.2) is 0 Å². The predicted octanol–water partition coefficient (Wildman–Crippen LogP) is 3.17. The number of carbonyl (C=O) groups excluding carboxylic acids is 1. The minimum atomic E-state index is -0.939. The van der Waals surface area contributed by atoms with Crippen LogP contribution in [0, 0.1) is 0 Å². The van der Waals surface area contributed by atoms with Crippen LogP contribution < -0.4 is 5.32 Å². The van der Waals surface area contributed by atoms with Gasteiger partial charge in [0.15, 0.2) is 0 Å². The second kappa shape index (κ2) is 8.13. The number of pyridine rings is 1. The van der Waals surface area contributed by atoms with Crippen molar-refractivity contribution in [2.45, 2.75) is 18.9 Å². The van der Waals surface area contributed by atoms with E-state index in [0.717, 1.165) is 5.56 Å². The minimum Gasteiger partial charge on any atom is -0.386 e. The highest BCUT2D eigenvalue weighted by Gasteiger charge is 2.16. The molecular formula is C16H16Cl2N2O2. The monoisotopic (exact) mass is 338 g/mol. The smallest absolute Gasteiger partial charge is 0.220 e. The SMILES string of the molecule is O=C(CCc1ccncc1)NC[C@H](O)c1c(Cl)cccc1Cl. The van der Waals surface area contributed by atoms with Crippen molar-refractivity contribution >= 4 is 29.1 Å². The number of nitrogens with zero attached hydrogens (tertiary/aromatic N) is 1. The summed E-state index contributed by atoms with van der Waals surface area (Å²) in [6, 6.07) is 8.74. The lowest BCUT2D eigenvalue weighted by atomic mass is 10.1. The Balaban J connectivity index is 1.83. The first-order valence-corrected chi connectivity index (χ1v) is 7.61. The summed E-state index contributed by atoms with van der Waals surface area (Å²) in [6.07, 6.45) is 3.41. The highest BCUT2D eigenvalue weighted by molar-refractivity contribution is 6.36. The third-order valence-corrected chi connectivity index (χ3v) is 3.87. The Labute approximate surface area is 139 Å². The van der Waals surface area contributed by atoms with Gasteiger partial charge < -0.3 is 10.4 Å². The van der Waals surface area contributed by atoms with Crippen LogP contribution >= 0.6 is 23.2 Å². The maximum Gasteiger partial charge on any atom is 0.220 e. The van der Waals surface area contributed by atoms with Gasteiger partial charge in [-0.05, 0) is 36.2 Å². The van der Waals surface area contributed by atoms with Gasteiger partial charge in [-0.3, -0.25) is 9.78 Å². The van der Waals surface area contributed by atoms with Crippen LogP contribution in [0.2, 0.25) is 10.0 Å². The molecule has 22 heavy (non-hydrogen) atoms. The van der Waals surface area contributed by atoms with Crippen LogP contribution in [-0.4, -0.2) is 22.5 Å². The Morgan fingerprint density at radius 2 is 1.82 bits per heavy atom. The quantitative estimate of drug-likeness (QED) is 0.850. The molecule has 0 aliphatic rings. The summed E-state index contributed by atoms with van der Waals surface area (Å²) >= 11 is 12.0. The minimum absolute atomic E-state index is 0.0681. The molecule has 2 aromatic rings. The van der Waals surface area contributed by atoms with Crippen molar-refractivity contribution in [3.05, 3.63) is 63.9 Å². The van der Waals surface area contributed by atoms with Gasteiger partial charge in [0, 0.05) is 41.0 Å². The van der Waals surface area contributed by atoms with Crippen LogP contribution in [0.25, 0.3) is 0 Å². The maximum atomic E-state index is 11.8. The van der Waals surface area contributed by atoms with Gasteiger partial charge in [-0.2, -0.15) is 0 Å². The Morgan fingerprint density at radius 3 is 2.45 bits per heavy atom. The van der Waals surface area contributed by atoms with E-state index in [9.17, 15) is 9.90 Å². The van der Waals surface area contributed by atoms with Crippen molar-refractivity contribution in [3.63, 3.8) is 0 Å². The van der Waals surface area contributed by atoms with E-state index in [2.05, 4.69) is 10.3 Å². The van der Waals surface area contributed by atoms with Gasteiger partial charge in [-0.1, -0.05) is 29.3 Å². The van der Waals surface area contributed by atoms with Gasteiger partial charge in [0.1, 0.15) is 0 Å². The average Bonchev–Trinajstić information content (AvgIpc) is 2.52. The van der Waals surface area contributed by atoms with Gasteiger partial charge in [0.2, 0.25) is 5.91 Å². The second-order valence-corrected chi connectivity index (χ2v) is 5.63. The number of benzene rings is 1. The van der Waals surface area contributed by atoms with Crippen LogP contribution in [0.15, 0.2) is 42.7 Å². The van der Waals surface area contributed by atoms with Crippen LogP contribution in [0.1, 0.15) is 23.7 Å². The molecule has 0 saturated carbocycles. The molecule has 1 aromatic heterocycles. The van der Waals surface area contributed by atoms with E-state index in [0.29, 0.717) is 28.5 Å². The van der Waals surface area contributed by atoms with Crippen molar-refractivity contribution in [1.82, 2.24) is 10.3 Å². The first-order valence-electron chi connectivity index (χ1n) is 6.85. The van der Waals surface area contributed by atoms with E-state index < -0.39 is 6.10 Å². The summed E-state index contributed by atoms with van der Waals surface area (Å²) in [4.78, 5) is 15.7. The van der Waals surface area contributed by atoms with Crippen LogP contribution in [0.4, 0.5) is 0 Å². The van der Waals surface area contributed by atoms with Crippen LogP contribution in [0.5, 0.6) is 0 Å². The lowest BCUT2D eigenvalue weighted by molar-refractivity contribution is -0.121. The predicted molar refractivity (Wildman–Crippen MR) is 87.0 cm³/mol. The number of aryl methyl sites for hydroxylation is 1. The number of halogens is 2. The molecule has 1 heterocycles. The third-order valence-electron chi connectivity index (χ3n) is 3.22. The van der Waals surface area contributed by atoms with E-state index in [1.165, 1.54) is 0 Å². The number of nitrogens with one attached hydrogen (secondary N) is 1. The maximum absolute atomic E-state index is 11.8. The Hall–Kier alpha value is -1.62. The number of amides is 1. The first kappa shape index (κ1) is 16.7. The van der Waals surface area contributed by atoms with Gasteiger partial charge in [-0.15, -0.1) is 0 Å². The lowest BCUT2D eigenvalue weighted by Crippen LogP contribution is -2.28. The number of hydrogen-bond donors (Lipinski definition) is 2. The van der Waals surface area contributed by atoms with Gasteiger partial charge in [0.05, 0.1) is 6.10 Å².